The number of alkyl halides is 1. The summed E-state index contributed by atoms with van der Waals surface area (Å²) >= 11 is 0. The molecule has 0 aromatic heterocycles. The lowest BCUT2D eigenvalue weighted by Gasteiger charge is -2.62. The first-order chi connectivity index (χ1) is 14.4. The molecule has 0 spiro atoms. The van der Waals surface area contributed by atoms with Crippen molar-refractivity contribution in [3.8, 4) is 0 Å². The summed E-state index contributed by atoms with van der Waals surface area (Å²) in [6.07, 6.45) is 4.13. The van der Waals surface area contributed by atoms with Crippen LogP contribution in [0.25, 0.3) is 0 Å². The van der Waals surface area contributed by atoms with Crippen LogP contribution in [0.5, 0.6) is 0 Å². The van der Waals surface area contributed by atoms with Gasteiger partial charge in [-0.2, -0.15) is 0 Å². The lowest BCUT2D eigenvalue weighted by molar-refractivity contribution is -0.234. The van der Waals surface area contributed by atoms with E-state index in [1.54, 1.807) is 33.8 Å². The zero-order valence-electron chi connectivity index (χ0n) is 18.5. The first-order valence-corrected chi connectivity index (χ1v) is 11.1. The molecule has 0 saturated heterocycles. The van der Waals surface area contributed by atoms with E-state index in [0.29, 0.717) is 24.8 Å². The second kappa shape index (κ2) is 6.74. The largest absolute Gasteiger partial charge is 0.478 e. The van der Waals surface area contributed by atoms with Crippen LogP contribution in [0.2, 0.25) is 0 Å². The van der Waals surface area contributed by atoms with Gasteiger partial charge in [-0.15, -0.1) is 0 Å². The van der Waals surface area contributed by atoms with Crippen molar-refractivity contribution in [2.45, 2.75) is 77.2 Å². The molecule has 8 atom stereocenters. The molecular weight excluding hydrogens is 403 g/mol. The van der Waals surface area contributed by atoms with E-state index < -0.39 is 52.0 Å². The summed E-state index contributed by atoms with van der Waals surface area (Å²) in [7, 11) is 0. The van der Waals surface area contributed by atoms with Crippen molar-refractivity contribution in [3.63, 3.8) is 0 Å². The summed E-state index contributed by atoms with van der Waals surface area (Å²) in [4.78, 5) is 36.8. The number of aliphatic carboxylic acids is 1. The first kappa shape index (κ1) is 22.2. The number of hydrogen-bond acceptors (Lipinski definition) is 5. The number of hydrogen-bond donors (Lipinski definition) is 2. The molecule has 7 heteroatoms. The summed E-state index contributed by atoms with van der Waals surface area (Å²) in [5, 5.41) is 21.6. The number of carbonyl (C=O) groups excluding carboxylic acids is 2. The standard InChI is InChI=1S/C24H31FO6/c1-5-19(28)31-24(20(29)30)13(2)10-17-16-7-6-14-11-15(26)8-9-21(14,3)23(16,25)18(27)12-22(17,24)4/h8-9,11,13,16-18,27H,5-7,10,12H2,1-4H3,(H,29,30)/t13-,16+,17+,18+,21+,22+,23+,24+/m1/s1. The van der Waals surface area contributed by atoms with Gasteiger partial charge < -0.3 is 14.9 Å². The topological polar surface area (TPSA) is 101 Å². The Morgan fingerprint density at radius 3 is 2.58 bits per heavy atom. The summed E-state index contributed by atoms with van der Waals surface area (Å²) in [6, 6.07) is 0. The number of aliphatic hydroxyl groups is 1. The van der Waals surface area contributed by atoms with Gasteiger partial charge in [-0.3, -0.25) is 9.59 Å². The molecule has 4 aliphatic carbocycles. The third-order valence-corrected chi connectivity index (χ3v) is 9.06. The molecule has 0 heterocycles. The molecular formula is C24H31FO6. The summed E-state index contributed by atoms with van der Waals surface area (Å²) < 4.78 is 22.7. The van der Waals surface area contributed by atoms with Crippen LogP contribution in [0.3, 0.4) is 0 Å². The Labute approximate surface area is 181 Å². The van der Waals surface area contributed by atoms with Crippen LogP contribution < -0.4 is 0 Å². The average Bonchev–Trinajstić information content (AvgIpc) is 2.91. The van der Waals surface area contributed by atoms with Gasteiger partial charge in [-0.05, 0) is 50.7 Å². The minimum absolute atomic E-state index is 0.0343. The number of ether oxygens (including phenoxy) is 1. The second-order valence-electron chi connectivity index (χ2n) is 10.3. The van der Waals surface area contributed by atoms with Gasteiger partial charge in [0.25, 0.3) is 0 Å². The second-order valence-corrected chi connectivity index (χ2v) is 10.3. The van der Waals surface area contributed by atoms with Crippen LogP contribution in [0.1, 0.15) is 59.8 Å². The molecule has 3 saturated carbocycles. The third-order valence-electron chi connectivity index (χ3n) is 9.06. The predicted octanol–water partition coefficient (Wildman–Crippen LogP) is 3.38. The van der Waals surface area contributed by atoms with E-state index in [2.05, 4.69) is 0 Å². The van der Waals surface area contributed by atoms with Gasteiger partial charge in [-0.1, -0.05) is 32.4 Å². The summed E-state index contributed by atoms with van der Waals surface area (Å²) in [6.45, 7) is 6.79. The lowest BCUT2D eigenvalue weighted by Crippen LogP contribution is -2.69. The Morgan fingerprint density at radius 1 is 1.29 bits per heavy atom. The Hall–Kier alpha value is -2.02. The predicted molar refractivity (Wildman–Crippen MR) is 110 cm³/mol. The quantitative estimate of drug-likeness (QED) is 0.661. The van der Waals surface area contributed by atoms with Crippen molar-refractivity contribution < 1.29 is 33.7 Å². The van der Waals surface area contributed by atoms with Crippen molar-refractivity contribution in [2.75, 3.05) is 0 Å². The molecule has 4 rings (SSSR count). The van der Waals surface area contributed by atoms with Crippen molar-refractivity contribution in [3.05, 3.63) is 23.8 Å². The molecule has 0 radical (unpaired) electrons. The summed E-state index contributed by atoms with van der Waals surface area (Å²) in [5.74, 6) is -3.58. The van der Waals surface area contributed by atoms with Gasteiger partial charge in [0.15, 0.2) is 11.5 Å². The highest BCUT2D eigenvalue weighted by Crippen LogP contribution is 2.71. The minimum Gasteiger partial charge on any atom is -0.478 e. The maximum atomic E-state index is 17.1. The number of carboxylic acids is 1. The average molecular weight is 435 g/mol. The van der Waals surface area contributed by atoms with E-state index in [1.807, 2.05) is 0 Å². The number of esters is 1. The number of aliphatic hydroxyl groups excluding tert-OH is 1. The van der Waals surface area contributed by atoms with Gasteiger partial charge in [-0.25, -0.2) is 9.18 Å². The molecule has 0 aromatic carbocycles. The number of rotatable bonds is 3. The number of carbonyl (C=O) groups is 3. The van der Waals surface area contributed by atoms with E-state index in [0.717, 1.165) is 0 Å². The zero-order chi connectivity index (χ0) is 23.0. The smallest absolute Gasteiger partial charge is 0.349 e. The number of ketones is 1. The molecule has 0 bridgehead atoms. The van der Waals surface area contributed by atoms with Crippen LogP contribution in [-0.2, 0) is 19.1 Å². The maximum absolute atomic E-state index is 17.1. The summed E-state index contributed by atoms with van der Waals surface area (Å²) in [5.41, 5.74) is -5.43. The van der Waals surface area contributed by atoms with Gasteiger partial charge >= 0.3 is 11.9 Å². The molecule has 2 N–H and O–H groups in total. The molecule has 6 nitrogen and oxygen atoms in total. The van der Waals surface area contributed by atoms with Crippen molar-refractivity contribution >= 4 is 17.7 Å². The monoisotopic (exact) mass is 434 g/mol. The zero-order valence-corrected chi connectivity index (χ0v) is 18.5. The lowest BCUT2D eigenvalue weighted by atomic mass is 9.44. The SMILES string of the molecule is CCC(=O)O[C@]1(C(=O)O)[C@H](C)C[C@H]2[C@@H]3CCC4=CC(=O)C=C[C@]4(C)[C@@]3(F)[C@@H](O)C[C@@]21C. The van der Waals surface area contributed by atoms with Crippen LogP contribution >= 0.6 is 0 Å². The van der Waals surface area contributed by atoms with Crippen LogP contribution in [0.4, 0.5) is 4.39 Å². The van der Waals surface area contributed by atoms with E-state index in [-0.39, 0.29) is 24.5 Å². The molecule has 0 aromatic rings. The van der Waals surface area contributed by atoms with Crippen LogP contribution in [-0.4, -0.2) is 45.3 Å². The van der Waals surface area contributed by atoms with Crippen LogP contribution in [0.15, 0.2) is 23.8 Å². The van der Waals surface area contributed by atoms with Crippen LogP contribution in [0, 0.1) is 28.6 Å². The Balaban J connectivity index is 1.84. The van der Waals surface area contributed by atoms with E-state index in [9.17, 15) is 24.6 Å². The highest BCUT2D eigenvalue weighted by atomic mass is 19.1. The van der Waals surface area contributed by atoms with Crippen molar-refractivity contribution in [2.24, 2.45) is 28.6 Å². The molecule has 0 unspecified atom stereocenters. The van der Waals surface area contributed by atoms with E-state index in [1.165, 1.54) is 12.2 Å². The number of carboxylic acid groups (broad SMARTS) is 1. The van der Waals surface area contributed by atoms with Crippen molar-refractivity contribution in [1.29, 1.82) is 0 Å². The Kier molecular flexibility index (Phi) is 4.82. The Bertz CT molecular complexity index is 910. The van der Waals surface area contributed by atoms with E-state index in [4.69, 9.17) is 4.74 Å². The highest BCUT2D eigenvalue weighted by molar-refractivity contribution is 6.01. The van der Waals surface area contributed by atoms with Gasteiger partial charge in [0, 0.05) is 29.1 Å². The Morgan fingerprint density at radius 2 is 1.97 bits per heavy atom. The number of halogens is 1. The number of fused-ring (bicyclic) bond motifs is 5. The number of allylic oxidation sites excluding steroid dienone is 4. The molecule has 4 aliphatic rings. The minimum atomic E-state index is -2.04. The molecule has 170 valence electrons. The normalized spacial score (nSPS) is 48.3. The fourth-order valence-electron chi connectivity index (χ4n) is 7.50. The van der Waals surface area contributed by atoms with Crippen molar-refractivity contribution in [1.82, 2.24) is 0 Å². The van der Waals surface area contributed by atoms with E-state index >= 15 is 4.39 Å². The molecule has 31 heavy (non-hydrogen) atoms. The first-order valence-electron chi connectivity index (χ1n) is 11.1. The van der Waals surface area contributed by atoms with Gasteiger partial charge in [0.05, 0.1) is 6.10 Å². The highest BCUT2D eigenvalue weighted by Gasteiger charge is 2.77. The third kappa shape index (κ3) is 2.50. The maximum Gasteiger partial charge on any atom is 0.349 e. The van der Waals surface area contributed by atoms with Gasteiger partial charge in [0.2, 0.25) is 5.60 Å². The fraction of sp³-hybridized carbons (Fsp3) is 0.708. The van der Waals surface area contributed by atoms with Gasteiger partial charge in [0.1, 0.15) is 0 Å². The molecule has 0 aliphatic heterocycles. The molecule has 3 fully saturated rings. The fourth-order valence-corrected chi connectivity index (χ4v) is 7.50. The molecule has 0 amide bonds.